The van der Waals surface area contributed by atoms with Gasteiger partial charge in [-0.05, 0) is 37.3 Å². The Hall–Kier alpha value is -1.45. The van der Waals surface area contributed by atoms with Crippen LogP contribution in [0.15, 0.2) is 36.5 Å². The van der Waals surface area contributed by atoms with Crippen LogP contribution >= 0.6 is 23.2 Å². The predicted molar refractivity (Wildman–Crippen MR) is 79.7 cm³/mol. The van der Waals surface area contributed by atoms with Crippen molar-refractivity contribution in [1.82, 2.24) is 4.98 Å². The number of rotatable bonds is 5. The van der Waals surface area contributed by atoms with Gasteiger partial charge in [0.1, 0.15) is 11.6 Å². The Morgan fingerprint density at radius 3 is 2.84 bits per heavy atom. The summed E-state index contributed by atoms with van der Waals surface area (Å²) in [6.07, 6.45) is 1.69. The van der Waals surface area contributed by atoms with Crippen molar-refractivity contribution in [2.45, 2.75) is 12.8 Å². The molecule has 0 unspecified atom stereocenters. The molecule has 0 amide bonds. The number of ether oxygens (including phenoxy) is 1. The van der Waals surface area contributed by atoms with Gasteiger partial charge in [0.2, 0.25) is 0 Å². The molecular weight excluding hydrogens is 283 g/mol. The van der Waals surface area contributed by atoms with Gasteiger partial charge in [0.05, 0.1) is 17.5 Å². The molecule has 0 aliphatic carbocycles. The molecule has 2 aromatic rings. The third-order valence-electron chi connectivity index (χ3n) is 2.53. The van der Waals surface area contributed by atoms with Gasteiger partial charge in [0, 0.05) is 17.4 Å². The summed E-state index contributed by atoms with van der Waals surface area (Å²) in [4.78, 5) is 4.18. The molecule has 1 aromatic heterocycles. The second-order valence-electron chi connectivity index (χ2n) is 3.85. The summed E-state index contributed by atoms with van der Waals surface area (Å²) in [6.45, 7) is 2.56. The number of halogens is 2. The van der Waals surface area contributed by atoms with Crippen molar-refractivity contribution >= 4 is 34.7 Å². The number of anilines is 2. The summed E-state index contributed by atoms with van der Waals surface area (Å²) in [7, 11) is 0. The van der Waals surface area contributed by atoms with Crippen LogP contribution in [0.3, 0.4) is 0 Å². The largest absolute Gasteiger partial charge is 0.494 e. The number of hydrogen-bond donors (Lipinski definition) is 1. The fourth-order valence-electron chi connectivity index (χ4n) is 1.67. The molecular formula is C14H14Cl2N2O. The lowest BCUT2D eigenvalue weighted by atomic mass is 10.2. The normalized spacial score (nSPS) is 10.3. The van der Waals surface area contributed by atoms with E-state index in [1.165, 1.54) is 0 Å². The van der Waals surface area contributed by atoms with Crippen LogP contribution in [-0.4, -0.2) is 11.6 Å². The summed E-state index contributed by atoms with van der Waals surface area (Å²) >= 11 is 12.0. The molecule has 0 aliphatic rings. The molecule has 1 N–H and O–H groups in total. The summed E-state index contributed by atoms with van der Waals surface area (Å²) in [5.74, 6) is 1.81. The molecule has 0 radical (unpaired) electrons. The topological polar surface area (TPSA) is 34.1 Å². The molecule has 0 atom stereocenters. The van der Waals surface area contributed by atoms with Gasteiger partial charge in [0.25, 0.3) is 0 Å². The fourth-order valence-corrected chi connectivity index (χ4v) is 2.05. The third kappa shape index (κ3) is 3.52. The summed E-state index contributed by atoms with van der Waals surface area (Å²) in [5.41, 5.74) is 1.81. The van der Waals surface area contributed by atoms with Crippen LogP contribution in [0.5, 0.6) is 5.75 Å². The predicted octanol–water partition coefficient (Wildman–Crippen LogP) is 4.62. The van der Waals surface area contributed by atoms with Crippen LogP contribution in [0.2, 0.25) is 5.02 Å². The van der Waals surface area contributed by atoms with Crippen molar-refractivity contribution in [3.05, 3.63) is 47.1 Å². The van der Waals surface area contributed by atoms with E-state index in [9.17, 15) is 0 Å². The maximum absolute atomic E-state index is 6.05. The summed E-state index contributed by atoms with van der Waals surface area (Å²) in [6, 6.07) is 9.30. The van der Waals surface area contributed by atoms with Crippen LogP contribution in [-0.2, 0) is 5.88 Å². The lowest BCUT2D eigenvalue weighted by Crippen LogP contribution is -1.98. The van der Waals surface area contributed by atoms with Gasteiger partial charge in [-0.15, -0.1) is 11.6 Å². The van der Waals surface area contributed by atoms with Crippen molar-refractivity contribution in [3.8, 4) is 5.75 Å². The lowest BCUT2D eigenvalue weighted by Gasteiger charge is -2.12. The molecule has 3 nitrogen and oxygen atoms in total. The average molecular weight is 297 g/mol. The van der Waals surface area contributed by atoms with Gasteiger partial charge in [-0.3, -0.25) is 0 Å². The zero-order chi connectivity index (χ0) is 13.7. The Bertz CT molecular complexity index is 561. The minimum Gasteiger partial charge on any atom is -0.494 e. The standard InChI is InChI=1S/C14H14Cl2N2O/c1-2-19-13-6-5-11(8-10(13)9-15)18-14-12(16)4-3-7-17-14/h3-8H,2,9H2,1H3,(H,17,18). The van der Waals surface area contributed by atoms with Crippen LogP contribution in [0.1, 0.15) is 12.5 Å². The number of pyridine rings is 1. The van der Waals surface area contributed by atoms with E-state index in [0.717, 1.165) is 17.0 Å². The quantitative estimate of drug-likeness (QED) is 0.818. The average Bonchev–Trinajstić information content (AvgIpc) is 2.43. The van der Waals surface area contributed by atoms with Gasteiger partial charge >= 0.3 is 0 Å². The van der Waals surface area contributed by atoms with E-state index in [4.69, 9.17) is 27.9 Å². The molecule has 2 rings (SSSR count). The third-order valence-corrected chi connectivity index (χ3v) is 3.12. The number of alkyl halides is 1. The Balaban J connectivity index is 2.24. The zero-order valence-corrected chi connectivity index (χ0v) is 12.0. The van der Waals surface area contributed by atoms with Crippen molar-refractivity contribution in [2.75, 3.05) is 11.9 Å². The van der Waals surface area contributed by atoms with Gasteiger partial charge in [-0.2, -0.15) is 0 Å². The SMILES string of the molecule is CCOc1ccc(Nc2ncccc2Cl)cc1CCl. The molecule has 1 heterocycles. The highest BCUT2D eigenvalue weighted by Crippen LogP contribution is 2.28. The second kappa shape index (κ2) is 6.64. The fraction of sp³-hybridized carbons (Fsp3) is 0.214. The lowest BCUT2D eigenvalue weighted by molar-refractivity contribution is 0.337. The van der Waals surface area contributed by atoms with Crippen molar-refractivity contribution < 1.29 is 4.74 Å². The van der Waals surface area contributed by atoms with E-state index in [2.05, 4.69) is 10.3 Å². The molecule has 100 valence electrons. The van der Waals surface area contributed by atoms with E-state index in [1.807, 2.05) is 25.1 Å². The minimum atomic E-state index is 0.390. The van der Waals surface area contributed by atoms with Crippen LogP contribution < -0.4 is 10.1 Å². The molecule has 0 bridgehead atoms. The van der Waals surface area contributed by atoms with Crippen molar-refractivity contribution in [3.63, 3.8) is 0 Å². The van der Waals surface area contributed by atoms with E-state index >= 15 is 0 Å². The molecule has 1 aromatic carbocycles. The Kier molecular flexibility index (Phi) is 4.88. The van der Waals surface area contributed by atoms with Crippen LogP contribution in [0.25, 0.3) is 0 Å². The van der Waals surface area contributed by atoms with Gasteiger partial charge in [-0.1, -0.05) is 11.6 Å². The van der Waals surface area contributed by atoms with Gasteiger partial charge in [0.15, 0.2) is 0 Å². The smallest absolute Gasteiger partial charge is 0.149 e. The summed E-state index contributed by atoms with van der Waals surface area (Å²) in [5, 5.41) is 3.73. The maximum Gasteiger partial charge on any atom is 0.149 e. The van der Waals surface area contributed by atoms with Crippen LogP contribution in [0.4, 0.5) is 11.5 Å². The highest BCUT2D eigenvalue weighted by molar-refractivity contribution is 6.33. The number of aromatic nitrogens is 1. The molecule has 0 aliphatic heterocycles. The van der Waals surface area contributed by atoms with E-state index in [1.54, 1.807) is 18.3 Å². The summed E-state index contributed by atoms with van der Waals surface area (Å²) < 4.78 is 5.50. The van der Waals surface area contributed by atoms with E-state index < -0.39 is 0 Å². The first-order valence-electron chi connectivity index (χ1n) is 5.93. The molecule has 0 saturated carbocycles. The number of nitrogens with zero attached hydrogens (tertiary/aromatic N) is 1. The minimum absolute atomic E-state index is 0.390. The van der Waals surface area contributed by atoms with Gasteiger partial charge in [-0.25, -0.2) is 4.98 Å². The molecule has 19 heavy (non-hydrogen) atoms. The molecule has 0 spiro atoms. The van der Waals surface area contributed by atoms with Crippen molar-refractivity contribution in [1.29, 1.82) is 0 Å². The highest BCUT2D eigenvalue weighted by Gasteiger charge is 2.06. The Morgan fingerprint density at radius 2 is 2.16 bits per heavy atom. The van der Waals surface area contributed by atoms with Crippen LogP contribution in [0, 0.1) is 0 Å². The van der Waals surface area contributed by atoms with E-state index in [-0.39, 0.29) is 0 Å². The maximum atomic E-state index is 6.05. The first-order chi connectivity index (χ1) is 9.24. The number of benzene rings is 1. The zero-order valence-electron chi connectivity index (χ0n) is 10.5. The first-order valence-corrected chi connectivity index (χ1v) is 6.85. The Morgan fingerprint density at radius 1 is 1.32 bits per heavy atom. The van der Waals surface area contributed by atoms with Gasteiger partial charge < -0.3 is 10.1 Å². The number of hydrogen-bond acceptors (Lipinski definition) is 3. The molecule has 0 fully saturated rings. The molecule has 0 saturated heterocycles. The number of nitrogens with one attached hydrogen (secondary N) is 1. The molecule has 5 heteroatoms. The Labute approximate surface area is 122 Å². The monoisotopic (exact) mass is 296 g/mol. The highest BCUT2D eigenvalue weighted by atomic mass is 35.5. The van der Waals surface area contributed by atoms with Crippen molar-refractivity contribution in [2.24, 2.45) is 0 Å². The second-order valence-corrected chi connectivity index (χ2v) is 4.52. The van der Waals surface area contributed by atoms with E-state index in [0.29, 0.717) is 23.3 Å². The first kappa shape index (κ1) is 14.0.